The van der Waals surface area contributed by atoms with Crippen molar-refractivity contribution < 1.29 is 28.9 Å². The lowest BCUT2D eigenvalue weighted by molar-refractivity contribution is 0.312. The van der Waals surface area contributed by atoms with Crippen LogP contribution < -0.4 is 52.6 Å². The smallest absolute Gasteiger partial charge is 0.188 e. The zero-order valence-electron chi connectivity index (χ0n) is 45.8. The fourth-order valence-corrected chi connectivity index (χ4v) is 6.97. The van der Waals surface area contributed by atoms with E-state index in [-0.39, 0.29) is 5.75 Å². The minimum atomic E-state index is 0.0525. The van der Waals surface area contributed by atoms with Gasteiger partial charge in [0, 0.05) is 97.6 Å². The molecule has 1 heterocycles. The van der Waals surface area contributed by atoms with Crippen LogP contribution in [0.3, 0.4) is 0 Å². The molecule has 2 aliphatic rings. The minimum Gasteiger partial charge on any atom is -0.508 e. The van der Waals surface area contributed by atoms with Gasteiger partial charge in [-0.05, 0) is 143 Å². The summed E-state index contributed by atoms with van der Waals surface area (Å²) in [5.74, 6) is 8.16. The summed E-state index contributed by atoms with van der Waals surface area (Å²) in [6.45, 7) is 27.4. The number of aromatic hydroxyl groups is 2. The van der Waals surface area contributed by atoms with E-state index in [1.165, 1.54) is 22.4 Å². The molecule has 73 heavy (non-hydrogen) atoms. The van der Waals surface area contributed by atoms with E-state index in [1.807, 2.05) is 63.2 Å². The molecule has 0 aromatic heterocycles. The average Bonchev–Trinajstić information content (AvgIpc) is 3.38. The van der Waals surface area contributed by atoms with E-state index < -0.39 is 0 Å². The summed E-state index contributed by atoms with van der Waals surface area (Å²) in [6.07, 6.45) is 5.39. The first-order valence-electron chi connectivity index (χ1n) is 25.4. The van der Waals surface area contributed by atoms with Gasteiger partial charge in [-0.15, -0.1) is 0 Å². The van der Waals surface area contributed by atoms with Crippen molar-refractivity contribution in [2.75, 3.05) is 73.9 Å². The molecule has 0 saturated carbocycles. The third-order valence-electron chi connectivity index (χ3n) is 11.4. The highest BCUT2D eigenvalue weighted by Gasteiger charge is 2.13. The molecule has 0 radical (unpaired) electrons. The lowest BCUT2D eigenvalue weighted by Gasteiger charge is -2.12. The topological polar surface area (TPSA) is 207 Å². The molecule has 14 nitrogen and oxygen atoms in total. The number of aromatic nitrogens is 1. The first-order valence-corrected chi connectivity index (χ1v) is 25.4. The van der Waals surface area contributed by atoms with Gasteiger partial charge in [-0.2, -0.15) is 5.90 Å². The summed E-state index contributed by atoms with van der Waals surface area (Å²) >= 11 is 0. The van der Waals surface area contributed by atoms with Gasteiger partial charge in [0.15, 0.2) is 22.8 Å². The number of nitrogen functional groups attached to an aromatic ring is 1. The molecule has 1 aliphatic heterocycles. The summed E-state index contributed by atoms with van der Waals surface area (Å²) in [5, 5.41) is 32.9. The van der Waals surface area contributed by atoms with E-state index in [4.69, 9.17) is 30.5 Å². The number of benzene rings is 6. The molecular formula is C59H84N8O6. The van der Waals surface area contributed by atoms with Gasteiger partial charge in [0.25, 0.3) is 0 Å². The maximum atomic E-state index is 9.47. The van der Waals surface area contributed by atoms with Crippen molar-refractivity contribution >= 4 is 39.5 Å². The Morgan fingerprint density at radius 1 is 0.548 bits per heavy atom. The number of hydrogen-bond donors (Lipinski definition) is 8. The molecule has 0 fully saturated rings. The monoisotopic (exact) mass is 1000 g/mol. The second-order valence-electron chi connectivity index (χ2n) is 17.7. The molecule has 0 amide bonds. The van der Waals surface area contributed by atoms with Gasteiger partial charge in [-0.25, -0.2) is 4.98 Å². The zero-order valence-corrected chi connectivity index (χ0v) is 45.8. The maximum absolute atomic E-state index is 9.47. The van der Waals surface area contributed by atoms with Crippen molar-refractivity contribution in [3.05, 3.63) is 130 Å². The average molecular weight is 1000 g/mol. The quantitative estimate of drug-likeness (QED) is 0.0243. The predicted molar refractivity (Wildman–Crippen MR) is 306 cm³/mol. The first kappa shape index (κ1) is 60.0. The molecule has 0 saturated heterocycles. The molecule has 10 N–H and O–H groups in total. The number of ether oxygens (including phenoxy) is 2. The van der Waals surface area contributed by atoms with Crippen LogP contribution in [0, 0.1) is 41.5 Å². The van der Waals surface area contributed by atoms with Crippen molar-refractivity contribution in [2.45, 2.75) is 108 Å². The summed E-state index contributed by atoms with van der Waals surface area (Å²) in [6, 6.07) is 28.6. The lowest BCUT2D eigenvalue weighted by atomic mass is 10.1. The number of hydrogen-bond acceptors (Lipinski definition) is 14. The number of nitrogens with two attached hydrogens (primary N) is 2. The van der Waals surface area contributed by atoms with Crippen molar-refractivity contribution in [3.8, 4) is 40.2 Å². The zero-order chi connectivity index (χ0) is 53.9. The number of rotatable bonds is 17. The number of nitrogens with zero attached hydrogens (tertiary/aromatic N) is 2. The number of methoxy groups -OCH3 is 2. The van der Waals surface area contributed by atoms with Crippen molar-refractivity contribution in [1.82, 2.24) is 4.98 Å². The molecular weight excluding hydrogens is 917 g/mol. The minimum absolute atomic E-state index is 0.0525. The number of nitrogens with one attached hydrogen (secondary N) is 4. The Balaban J connectivity index is 0.000000251. The van der Waals surface area contributed by atoms with Crippen LogP contribution in [0.4, 0.5) is 28.4 Å². The number of aryl methyl sites for hydroxylation is 6. The van der Waals surface area contributed by atoms with Crippen molar-refractivity contribution in [2.24, 2.45) is 10.9 Å². The molecule has 0 atom stereocenters. The molecule has 14 heteroatoms. The first-order chi connectivity index (χ1) is 35.0. The molecule has 396 valence electrons. The second kappa shape index (κ2) is 31.9. The maximum Gasteiger partial charge on any atom is 0.188 e. The van der Waals surface area contributed by atoms with Crippen LogP contribution in [0.1, 0.15) is 100 Å². The summed E-state index contributed by atoms with van der Waals surface area (Å²) in [4.78, 5) is 13.9. The molecule has 0 spiro atoms. The Bertz CT molecular complexity index is 2790. The van der Waals surface area contributed by atoms with Gasteiger partial charge >= 0.3 is 0 Å². The fraction of sp³-hybridized carbons (Fsp3) is 0.390. The van der Waals surface area contributed by atoms with Crippen LogP contribution in [0.15, 0.2) is 100 Å². The van der Waals surface area contributed by atoms with Crippen LogP contribution in [0.5, 0.6) is 28.7 Å². The van der Waals surface area contributed by atoms with Gasteiger partial charge in [0.1, 0.15) is 28.5 Å². The van der Waals surface area contributed by atoms with Gasteiger partial charge in [0.2, 0.25) is 0 Å². The Kier molecular flexibility index (Phi) is 26.2. The second-order valence-corrected chi connectivity index (χ2v) is 17.7. The third kappa shape index (κ3) is 19.7. The largest absolute Gasteiger partial charge is 0.508 e. The molecule has 0 bridgehead atoms. The highest BCUT2D eigenvalue weighted by molar-refractivity contribution is 5.81. The number of phenolic OH excluding ortho intramolecular Hbond substituents is 2. The van der Waals surface area contributed by atoms with Gasteiger partial charge in [0.05, 0.1) is 19.6 Å². The normalized spacial score (nSPS) is 10.6. The van der Waals surface area contributed by atoms with E-state index in [2.05, 4.69) is 111 Å². The Morgan fingerprint density at radius 3 is 1.59 bits per heavy atom. The Morgan fingerprint density at radius 2 is 1.05 bits per heavy atom. The molecule has 0 unspecified atom stereocenters. The number of phenols is 2. The van der Waals surface area contributed by atoms with Crippen LogP contribution in [0.25, 0.3) is 22.6 Å². The Hall–Kier alpha value is -7.32. The molecule has 1 aliphatic carbocycles. The summed E-state index contributed by atoms with van der Waals surface area (Å²) in [7, 11) is 3.32. The van der Waals surface area contributed by atoms with Gasteiger partial charge in [-0.1, -0.05) is 52.8 Å². The van der Waals surface area contributed by atoms with Gasteiger partial charge < -0.3 is 55.9 Å². The number of fused-ring (bicyclic) bond motifs is 2. The van der Waals surface area contributed by atoms with E-state index in [0.29, 0.717) is 11.5 Å². The summed E-state index contributed by atoms with van der Waals surface area (Å²) < 4.78 is 16.3. The SMILES string of the molecule is CCCN=c1cc2oc3cc(NCCC)c(C)cc3nc-2cc1C.CCCNc1cc(O)c(ON)cc1C.CCCNc1cc(O)ccc1C.CCCNc1cc(OC)ccc1C.COc1ccc(C)c(N)c1. The predicted octanol–water partition coefficient (Wildman–Crippen LogP) is 13.4. The van der Waals surface area contributed by atoms with Gasteiger partial charge in [-0.3, -0.25) is 4.99 Å². The Labute approximate surface area is 434 Å². The lowest BCUT2D eigenvalue weighted by Crippen LogP contribution is -2.09. The van der Waals surface area contributed by atoms with E-state index in [9.17, 15) is 10.2 Å². The highest BCUT2D eigenvalue weighted by atomic mass is 16.6. The summed E-state index contributed by atoms with van der Waals surface area (Å²) in [5.41, 5.74) is 20.0. The van der Waals surface area contributed by atoms with Crippen LogP contribution in [0.2, 0.25) is 0 Å². The molecule has 5 aromatic carbocycles. The third-order valence-corrected chi connectivity index (χ3v) is 11.4. The van der Waals surface area contributed by atoms with Crippen LogP contribution >= 0.6 is 0 Å². The van der Waals surface area contributed by atoms with E-state index in [1.54, 1.807) is 38.5 Å². The molecule has 5 aromatic rings. The highest BCUT2D eigenvalue weighted by Crippen LogP contribution is 2.32. The van der Waals surface area contributed by atoms with Crippen molar-refractivity contribution in [1.29, 1.82) is 0 Å². The van der Waals surface area contributed by atoms with E-state index in [0.717, 1.165) is 144 Å². The standard InChI is InChI=1S/C20H25N3O.C11H17NO.C10H16N2O2.C10H15NO.C8H11NO/c1-5-7-21-15-11-19-17(9-13(15)3)23-18-10-14(4)16(22-8-6-2)12-20(18)24-19;1-4-7-12-11-8-10(13-3)6-5-9(11)2;1-3-4-12-8-6-9(13)10(14-11)5-7(8)2;1-3-6-11-10-7-9(12)5-4-8(10)2;1-6-3-4-7(10-2)5-8(6)9/h9-12,21H,5-8H2,1-4H3;5-6,8,12H,4,7H2,1-3H3;5-6,12-13H,3-4,11H2,1-2H3;4-5,7,11-12H,3,6H2,1-2H3;3-5H,9H2,1-2H3. The van der Waals surface area contributed by atoms with Crippen LogP contribution in [-0.2, 0) is 0 Å². The van der Waals surface area contributed by atoms with E-state index >= 15 is 0 Å². The molecule has 7 rings (SSSR count). The number of anilines is 5. The van der Waals surface area contributed by atoms with Crippen molar-refractivity contribution in [3.63, 3.8) is 0 Å². The van der Waals surface area contributed by atoms with Crippen LogP contribution in [-0.4, -0.2) is 62.1 Å². The fourth-order valence-electron chi connectivity index (χ4n) is 6.97.